The van der Waals surface area contributed by atoms with E-state index in [1.54, 1.807) is 18.0 Å². The lowest BCUT2D eigenvalue weighted by atomic mass is 10.1. The summed E-state index contributed by atoms with van der Waals surface area (Å²) >= 11 is 3.74. The fraction of sp³-hybridized carbons (Fsp3) is 0.0526. The number of aromatic nitrogens is 2. The lowest BCUT2D eigenvalue weighted by Crippen LogP contribution is -2.17. The summed E-state index contributed by atoms with van der Waals surface area (Å²) in [7, 11) is 1.62. The highest BCUT2D eigenvalue weighted by molar-refractivity contribution is 14.1. The van der Waals surface area contributed by atoms with Crippen LogP contribution in [0.25, 0.3) is 27.0 Å². The van der Waals surface area contributed by atoms with E-state index < -0.39 is 0 Å². The zero-order valence-electron chi connectivity index (χ0n) is 13.3. The van der Waals surface area contributed by atoms with Crippen LogP contribution in [-0.2, 0) is 0 Å². The predicted molar refractivity (Wildman–Crippen MR) is 110 cm³/mol. The van der Waals surface area contributed by atoms with Crippen molar-refractivity contribution in [3.63, 3.8) is 0 Å². The molecule has 2 aromatic heterocycles. The molecule has 0 aliphatic carbocycles. The minimum Gasteiger partial charge on any atom is -0.497 e. The molecule has 0 N–H and O–H groups in total. The van der Waals surface area contributed by atoms with Crippen molar-refractivity contribution in [2.24, 2.45) is 0 Å². The van der Waals surface area contributed by atoms with Crippen molar-refractivity contribution < 1.29 is 4.74 Å². The quantitative estimate of drug-likeness (QED) is 0.416. The summed E-state index contributed by atoms with van der Waals surface area (Å²) in [6.07, 6.45) is 1.60. The molecule has 0 unspecified atom stereocenters. The van der Waals surface area contributed by atoms with E-state index in [1.807, 2.05) is 41.8 Å². The number of thiophene rings is 1. The average Bonchev–Trinajstić information content (AvgIpc) is 3.07. The second kappa shape index (κ2) is 6.61. The summed E-state index contributed by atoms with van der Waals surface area (Å²) in [6, 6.07) is 15.5. The zero-order valence-corrected chi connectivity index (χ0v) is 16.2. The van der Waals surface area contributed by atoms with Crippen LogP contribution in [0.2, 0.25) is 0 Å². The van der Waals surface area contributed by atoms with Crippen LogP contribution in [0.15, 0.2) is 65.0 Å². The molecule has 0 bridgehead atoms. The summed E-state index contributed by atoms with van der Waals surface area (Å²) in [5, 5.41) is 2.01. The topological polar surface area (TPSA) is 44.1 Å². The molecule has 0 aliphatic rings. The van der Waals surface area contributed by atoms with Crippen LogP contribution >= 0.6 is 33.9 Å². The monoisotopic (exact) mass is 460 g/mol. The molecule has 2 aromatic carbocycles. The first kappa shape index (κ1) is 16.3. The lowest BCUT2D eigenvalue weighted by molar-refractivity contribution is 0.414. The molecule has 0 aliphatic heterocycles. The van der Waals surface area contributed by atoms with Gasteiger partial charge in [0.15, 0.2) is 0 Å². The standard InChI is InChI=1S/C19H13IN2O2S/c1-24-13-8-6-12(7-9-13)22-11-21-17-15(10-25-18(17)19(22)23)14-4-2-3-5-16(14)20/h2-11H,1H3. The number of nitrogens with zero attached hydrogens (tertiary/aromatic N) is 2. The van der Waals surface area contributed by atoms with Crippen LogP contribution < -0.4 is 10.3 Å². The van der Waals surface area contributed by atoms with E-state index in [0.29, 0.717) is 4.70 Å². The van der Waals surface area contributed by atoms with Gasteiger partial charge in [0, 0.05) is 14.5 Å². The van der Waals surface area contributed by atoms with Gasteiger partial charge in [-0.2, -0.15) is 0 Å². The SMILES string of the molecule is COc1ccc(-n2cnc3c(-c4ccccc4I)csc3c2=O)cc1. The van der Waals surface area contributed by atoms with Gasteiger partial charge >= 0.3 is 0 Å². The summed E-state index contributed by atoms with van der Waals surface area (Å²) in [4.78, 5) is 17.5. The third-order valence-electron chi connectivity index (χ3n) is 3.99. The van der Waals surface area contributed by atoms with Gasteiger partial charge in [0.1, 0.15) is 16.8 Å². The Balaban J connectivity index is 1.87. The second-order valence-corrected chi connectivity index (χ2v) is 7.47. The van der Waals surface area contributed by atoms with Crippen LogP contribution in [0, 0.1) is 3.57 Å². The van der Waals surface area contributed by atoms with Crippen molar-refractivity contribution >= 4 is 44.1 Å². The maximum atomic E-state index is 12.9. The molecule has 4 nitrogen and oxygen atoms in total. The number of methoxy groups -OCH3 is 1. The molecule has 4 aromatic rings. The fourth-order valence-corrected chi connectivity index (χ4v) is 4.33. The molecule has 0 atom stereocenters. The van der Waals surface area contributed by atoms with Gasteiger partial charge in [-0.3, -0.25) is 9.36 Å². The molecule has 4 rings (SSSR count). The number of halogens is 1. The van der Waals surface area contributed by atoms with Gasteiger partial charge in [-0.1, -0.05) is 18.2 Å². The number of hydrogen-bond acceptors (Lipinski definition) is 4. The molecule has 0 fully saturated rings. The summed E-state index contributed by atoms with van der Waals surface area (Å²) in [6.45, 7) is 0. The van der Waals surface area contributed by atoms with Crippen LogP contribution in [0.5, 0.6) is 5.75 Å². The van der Waals surface area contributed by atoms with Crippen LogP contribution in [-0.4, -0.2) is 16.7 Å². The Morgan fingerprint density at radius 3 is 2.56 bits per heavy atom. The number of benzene rings is 2. The Labute approximate surface area is 161 Å². The van der Waals surface area contributed by atoms with Gasteiger partial charge in [-0.05, 0) is 58.5 Å². The predicted octanol–water partition coefficient (Wildman–Crippen LogP) is 4.73. The molecule has 0 amide bonds. The highest BCUT2D eigenvalue weighted by Crippen LogP contribution is 2.33. The van der Waals surface area contributed by atoms with Gasteiger partial charge < -0.3 is 4.74 Å². The number of rotatable bonds is 3. The molecular weight excluding hydrogens is 447 g/mol. The van der Waals surface area contributed by atoms with Crippen LogP contribution in [0.3, 0.4) is 0 Å². The van der Waals surface area contributed by atoms with E-state index in [1.165, 1.54) is 11.3 Å². The summed E-state index contributed by atoms with van der Waals surface area (Å²) in [5.74, 6) is 0.753. The molecular formula is C19H13IN2O2S. The summed E-state index contributed by atoms with van der Waals surface area (Å²) < 4.78 is 8.53. The van der Waals surface area contributed by atoms with Gasteiger partial charge in [0.25, 0.3) is 5.56 Å². The van der Waals surface area contributed by atoms with Crippen LogP contribution in [0.4, 0.5) is 0 Å². The largest absolute Gasteiger partial charge is 0.497 e. The van der Waals surface area contributed by atoms with Crippen molar-refractivity contribution in [2.45, 2.75) is 0 Å². The average molecular weight is 460 g/mol. The van der Waals surface area contributed by atoms with Gasteiger partial charge in [-0.25, -0.2) is 4.98 Å². The number of hydrogen-bond donors (Lipinski definition) is 0. The maximum absolute atomic E-state index is 12.9. The lowest BCUT2D eigenvalue weighted by Gasteiger charge is -2.07. The minimum atomic E-state index is -0.0580. The van der Waals surface area contributed by atoms with Crippen molar-refractivity contribution in [2.75, 3.05) is 7.11 Å². The molecule has 124 valence electrons. The Hall–Kier alpha value is -2.19. The van der Waals surface area contributed by atoms with E-state index in [2.05, 4.69) is 39.7 Å². The zero-order chi connectivity index (χ0) is 17.4. The Morgan fingerprint density at radius 2 is 1.84 bits per heavy atom. The molecule has 25 heavy (non-hydrogen) atoms. The van der Waals surface area contributed by atoms with Gasteiger partial charge in [0.2, 0.25) is 0 Å². The van der Waals surface area contributed by atoms with Crippen molar-refractivity contribution in [1.82, 2.24) is 9.55 Å². The van der Waals surface area contributed by atoms with Gasteiger partial charge in [-0.15, -0.1) is 11.3 Å². The van der Waals surface area contributed by atoms with Crippen LogP contribution in [0.1, 0.15) is 0 Å². The third kappa shape index (κ3) is 2.85. The first-order valence-corrected chi connectivity index (χ1v) is 9.53. The Morgan fingerprint density at radius 1 is 1.08 bits per heavy atom. The van der Waals surface area contributed by atoms with E-state index in [0.717, 1.165) is 31.7 Å². The van der Waals surface area contributed by atoms with Crippen molar-refractivity contribution in [3.05, 3.63) is 74.2 Å². The molecule has 6 heteroatoms. The highest BCUT2D eigenvalue weighted by atomic mass is 127. The van der Waals surface area contributed by atoms with Crippen molar-refractivity contribution in [1.29, 1.82) is 0 Å². The third-order valence-corrected chi connectivity index (χ3v) is 5.89. The Kier molecular flexibility index (Phi) is 4.30. The molecule has 0 saturated carbocycles. The molecule has 0 spiro atoms. The highest BCUT2D eigenvalue weighted by Gasteiger charge is 2.14. The molecule has 2 heterocycles. The molecule has 0 radical (unpaired) electrons. The minimum absolute atomic E-state index is 0.0580. The normalized spacial score (nSPS) is 11.0. The van der Waals surface area contributed by atoms with Gasteiger partial charge in [0.05, 0.1) is 18.3 Å². The molecule has 0 saturated heterocycles. The van der Waals surface area contributed by atoms with E-state index in [-0.39, 0.29) is 5.56 Å². The first-order valence-electron chi connectivity index (χ1n) is 7.57. The number of fused-ring (bicyclic) bond motifs is 1. The number of ether oxygens (including phenoxy) is 1. The maximum Gasteiger partial charge on any atom is 0.275 e. The Bertz CT molecular complexity index is 1120. The second-order valence-electron chi connectivity index (χ2n) is 5.42. The smallest absolute Gasteiger partial charge is 0.275 e. The van der Waals surface area contributed by atoms with E-state index in [9.17, 15) is 4.79 Å². The van der Waals surface area contributed by atoms with Crippen molar-refractivity contribution in [3.8, 4) is 22.6 Å². The fourth-order valence-electron chi connectivity index (χ4n) is 2.71. The first-order chi connectivity index (χ1) is 12.2. The summed E-state index contributed by atoms with van der Waals surface area (Å²) in [5.41, 5.74) is 3.57. The van der Waals surface area contributed by atoms with E-state index in [4.69, 9.17) is 4.74 Å². The van der Waals surface area contributed by atoms with E-state index >= 15 is 0 Å².